The molecule has 9 heteroatoms. The molecule has 2 amide bonds. The summed E-state index contributed by atoms with van der Waals surface area (Å²) in [4.78, 5) is 21.6. The lowest BCUT2D eigenvalue weighted by Crippen LogP contribution is -2.53. The van der Waals surface area contributed by atoms with E-state index in [9.17, 15) is 18.0 Å². The van der Waals surface area contributed by atoms with Gasteiger partial charge in [0, 0.05) is 45.0 Å². The quantitative estimate of drug-likeness (QED) is 0.857. The molecule has 2 aliphatic heterocycles. The third-order valence-electron chi connectivity index (χ3n) is 4.97. The van der Waals surface area contributed by atoms with Crippen LogP contribution in [0.2, 0.25) is 0 Å². The lowest BCUT2D eigenvalue weighted by molar-refractivity contribution is 0.0821. The van der Waals surface area contributed by atoms with Crippen LogP contribution in [0, 0.1) is 5.82 Å². The van der Waals surface area contributed by atoms with E-state index in [2.05, 4.69) is 10.3 Å². The fraction of sp³-hybridized carbons (Fsp3) is 0.647. The van der Waals surface area contributed by atoms with Gasteiger partial charge in [0.15, 0.2) is 11.6 Å². The molecule has 2 fully saturated rings. The van der Waals surface area contributed by atoms with Crippen LogP contribution in [-0.2, 0) is 0 Å². The molecule has 26 heavy (non-hydrogen) atoms. The molecule has 0 saturated carbocycles. The first-order valence-corrected chi connectivity index (χ1v) is 8.95. The van der Waals surface area contributed by atoms with Crippen LogP contribution in [0.1, 0.15) is 12.8 Å². The Hall–Kier alpha value is -2.03. The highest BCUT2D eigenvalue weighted by atomic mass is 19.3. The van der Waals surface area contributed by atoms with Crippen molar-refractivity contribution in [1.29, 1.82) is 0 Å². The van der Waals surface area contributed by atoms with Gasteiger partial charge in [-0.05, 0) is 31.5 Å². The van der Waals surface area contributed by atoms with Gasteiger partial charge in [0.25, 0.3) is 6.43 Å². The van der Waals surface area contributed by atoms with Crippen molar-refractivity contribution in [2.24, 2.45) is 0 Å². The lowest BCUT2D eigenvalue weighted by atomic mass is 10.2. The number of hydrogen-bond acceptors (Lipinski definition) is 4. The summed E-state index contributed by atoms with van der Waals surface area (Å²) < 4.78 is 39.0. The van der Waals surface area contributed by atoms with Crippen molar-refractivity contribution >= 4 is 11.8 Å². The Kier molecular flexibility index (Phi) is 6.18. The van der Waals surface area contributed by atoms with Gasteiger partial charge in [-0.3, -0.25) is 4.90 Å². The van der Waals surface area contributed by atoms with Gasteiger partial charge in [-0.15, -0.1) is 0 Å². The Balaban J connectivity index is 1.45. The number of carbonyl (C=O) groups is 1. The van der Waals surface area contributed by atoms with E-state index in [1.165, 1.54) is 6.07 Å². The minimum Gasteiger partial charge on any atom is -0.351 e. The number of piperazine rings is 1. The zero-order chi connectivity index (χ0) is 18.5. The van der Waals surface area contributed by atoms with Gasteiger partial charge in [-0.2, -0.15) is 0 Å². The maximum atomic E-state index is 13.8. The first-order chi connectivity index (χ1) is 12.5. The standard InChI is InChI=1S/C17H24F3N5O/c18-14-4-1-5-21-16(14)23-7-9-24(10-8-23)17(26)22-11-13-3-2-6-25(13)12-15(19)20/h1,4-5,13,15H,2-3,6-12H2,(H,22,26). The fourth-order valence-corrected chi connectivity index (χ4v) is 3.59. The first kappa shape index (κ1) is 18.8. The van der Waals surface area contributed by atoms with Gasteiger partial charge in [0.05, 0.1) is 6.54 Å². The van der Waals surface area contributed by atoms with Crippen molar-refractivity contribution in [2.45, 2.75) is 25.3 Å². The minimum atomic E-state index is -2.36. The number of nitrogens with zero attached hydrogens (tertiary/aromatic N) is 4. The summed E-state index contributed by atoms with van der Waals surface area (Å²) in [5, 5.41) is 2.86. The third-order valence-corrected chi connectivity index (χ3v) is 4.97. The summed E-state index contributed by atoms with van der Waals surface area (Å²) in [5.41, 5.74) is 0. The highest BCUT2D eigenvalue weighted by Crippen LogP contribution is 2.19. The highest BCUT2D eigenvalue weighted by molar-refractivity contribution is 5.74. The topological polar surface area (TPSA) is 51.7 Å². The van der Waals surface area contributed by atoms with E-state index < -0.39 is 6.43 Å². The average molecular weight is 371 g/mol. The number of amides is 2. The summed E-state index contributed by atoms with van der Waals surface area (Å²) in [6, 6.07) is 2.68. The number of likely N-dealkylation sites (tertiary alicyclic amines) is 1. The van der Waals surface area contributed by atoms with Gasteiger partial charge in [0.2, 0.25) is 0 Å². The van der Waals surface area contributed by atoms with E-state index >= 15 is 0 Å². The van der Waals surface area contributed by atoms with Crippen LogP contribution in [0.3, 0.4) is 0 Å². The lowest BCUT2D eigenvalue weighted by Gasteiger charge is -2.35. The predicted octanol–water partition coefficient (Wildman–Crippen LogP) is 1.78. The largest absolute Gasteiger partial charge is 0.351 e. The first-order valence-electron chi connectivity index (χ1n) is 8.95. The second kappa shape index (κ2) is 8.57. The second-order valence-electron chi connectivity index (χ2n) is 6.65. The van der Waals surface area contributed by atoms with E-state index in [1.54, 1.807) is 22.1 Å². The molecule has 2 saturated heterocycles. The number of carbonyl (C=O) groups excluding carboxylic acids is 1. The molecule has 1 aromatic heterocycles. The molecule has 0 bridgehead atoms. The Morgan fingerprint density at radius 2 is 2.04 bits per heavy atom. The second-order valence-corrected chi connectivity index (χ2v) is 6.65. The molecule has 2 aliphatic rings. The van der Waals surface area contributed by atoms with Gasteiger partial charge in [-0.25, -0.2) is 22.9 Å². The van der Waals surface area contributed by atoms with Crippen molar-refractivity contribution in [1.82, 2.24) is 20.1 Å². The molecule has 1 atom stereocenters. The van der Waals surface area contributed by atoms with Gasteiger partial charge in [0.1, 0.15) is 0 Å². The Labute approximate surface area is 151 Å². The van der Waals surface area contributed by atoms with Crippen LogP contribution in [0.5, 0.6) is 0 Å². The Morgan fingerprint density at radius 3 is 2.73 bits per heavy atom. The third kappa shape index (κ3) is 4.57. The summed E-state index contributed by atoms with van der Waals surface area (Å²) in [6.07, 6.45) is 0.886. The SMILES string of the molecule is O=C(NCC1CCCN1CC(F)F)N1CCN(c2ncccc2F)CC1. The molecule has 0 spiro atoms. The number of nitrogens with one attached hydrogen (secondary N) is 1. The molecule has 3 rings (SSSR count). The number of alkyl halides is 2. The average Bonchev–Trinajstić information content (AvgIpc) is 3.06. The maximum Gasteiger partial charge on any atom is 0.317 e. The van der Waals surface area contributed by atoms with Crippen LogP contribution in [0.25, 0.3) is 0 Å². The number of halogens is 3. The molecule has 6 nitrogen and oxygen atoms in total. The van der Waals surface area contributed by atoms with Crippen molar-refractivity contribution in [2.75, 3.05) is 50.7 Å². The molecule has 3 heterocycles. The Bertz CT molecular complexity index is 610. The van der Waals surface area contributed by atoms with Crippen molar-refractivity contribution < 1.29 is 18.0 Å². The molecule has 0 radical (unpaired) electrons. The summed E-state index contributed by atoms with van der Waals surface area (Å²) in [5.74, 6) is -0.0630. The van der Waals surface area contributed by atoms with Crippen LogP contribution >= 0.6 is 0 Å². The number of pyridine rings is 1. The van der Waals surface area contributed by atoms with E-state index in [0.29, 0.717) is 45.1 Å². The van der Waals surface area contributed by atoms with Crippen molar-refractivity contribution in [3.63, 3.8) is 0 Å². The van der Waals surface area contributed by atoms with E-state index in [4.69, 9.17) is 0 Å². The van der Waals surface area contributed by atoms with E-state index in [1.807, 2.05) is 4.90 Å². The Morgan fingerprint density at radius 1 is 1.27 bits per heavy atom. The number of anilines is 1. The van der Waals surface area contributed by atoms with E-state index in [0.717, 1.165) is 12.8 Å². The monoisotopic (exact) mass is 371 g/mol. The van der Waals surface area contributed by atoms with Crippen LogP contribution in [0.15, 0.2) is 18.3 Å². The van der Waals surface area contributed by atoms with E-state index in [-0.39, 0.29) is 24.4 Å². The number of aromatic nitrogens is 1. The summed E-state index contributed by atoms with van der Waals surface area (Å²) in [7, 11) is 0. The van der Waals surface area contributed by atoms with Crippen molar-refractivity contribution in [3.8, 4) is 0 Å². The normalized spacial score (nSPS) is 21.5. The summed E-state index contributed by atoms with van der Waals surface area (Å²) in [6.45, 7) is 2.72. The molecular formula is C17H24F3N5O. The smallest absolute Gasteiger partial charge is 0.317 e. The minimum absolute atomic E-state index is 0.0307. The van der Waals surface area contributed by atoms with Gasteiger partial charge in [-0.1, -0.05) is 0 Å². The number of rotatable bonds is 5. The predicted molar refractivity (Wildman–Crippen MR) is 92.0 cm³/mol. The zero-order valence-electron chi connectivity index (χ0n) is 14.6. The molecule has 0 aromatic carbocycles. The molecule has 144 valence electrons. The number of hydrogen-bond donors (Lipinski definition) is 1. The van der Waals surface area contributed by atoms with Crippen LogP contribution < -0.4 is 10.2 Å². The summed E-state index contributed by atoms with van der Waals surface area (Å²) >= 11 is 0. The van der Waals surface area contributed by atoms with Gasteiger partial charge < -0.3 is 15.1 Å². The number of urea groups is 1. The fourth-order valence-electron chi connectivity index (χ4n) is 3.59. The van der Waals surface area contributed by atoms with Crippen molar-refractivity contribution in [3.05, 3.63) is 24.1 Å². The molecule has 1 aromatic rings. The maximum absolute atomic E-state index is 13.8. The van der Waals surface area contributed by atoms with Gasteiger partial charge >= 0.3 is 6.03 Å². The molecule has 1 unspecified atom stereocenters. The highest BCUT2D eigenvalue weighted by Gasteiger charge is 2.28. The van der Waals surface area contributed by atoms with Crippen LogP contribution in [-0.4, -0.2) is 79.1 Å². The molecule has 1 N–H and O–H groups in total. The molecular weight excluding hydrogens is 347 g/mol. The molecule has 0 aliphatic carbocycles. The van der Waals surface area contributed by atoms with Crippen LogP contribution in [0.4, 0.5) is 23.8 Å². The zero-order valence-corrected chi connectivity index (χ0v) is 14.6.